The fourth-order valence-corrected chi connectivity index (χ4v) is 4.74. The number of benzene rings is 4. The van der Waals surface area contributed by atoms with Crippen molar-refractivity contribution in [3.8, 4) is 11.5 Å². The predicted octanol–water partition coefficient (Wildman–Crippen LogP) is 7.54. The average Bonchev–Trinajstić information content (AvgIpc) is 2.97. The van der Waals surface area contributed by atoms with Crippen LogP contribution in [0, 0.1) is 0 Å². The Morgan fingerprint density at radius 3 is 2.21 bits per heavy atom. The van der Waals surface area contributed by atoms with E-state index in [0.717, 1.165) is 69.9 Å². The van der Waals surface area contributed by atoms with Gasteiger partial charge in [0.2, 0.25) is 0 Å². The molecule has 0 spiro atoms. The number of alkyl halides is 3. The maximum Gasteiger partial charge on any atom is 0.416 e. The van der Waals surface area contributed by atoms with Crippen LogP contribution in [0.25, 0.3) is 16.8 Å². The standard InChI is InChI=1S/C32H30F3NO3/c1-37-26-15-11-24(12-16-26)22-39-31-21-30(36-17-19-38-20-18-36)28-7-3-2-6-27(28)29(31)8-4-5-23-9-13-25(14-10-23)32(33,34)35/h2-4,6-16,21H,5,17-20,22H2,1H3/b8-4-. The van der Waals surface area contributed by atoms with Crippen LogP contribution >= 0.6 is 0 Å². The number of hydrogen-bond acceptors (Lipinski definition) is 4. The lowest BCUT2D eigenvalue weighted by molar-refractivity contribution is -0.137. The summed E-state index contributed by atoms with van der Waals surface area (Å²) in [7, 11) is 1.64. The smallest absolute Gasteiger partial charge is 0.416 e. The zero-order chi connectivity index (χ0) is 27.2. The summed E-state index contributed by atoms with van der Waals surface area (Å²) in [6, 6.07) is 23.4. The summed E-state index contributed by atoms with van der Waals surface area (Å²) in [4.78, 5) is 2.32. The molecule has 5 rings (SSSR count). The molecule has 39 heavy (non-hydrogen) atoms. The molecule has 0 bridgehead atoms. The van der Waals surface area contributed by atoms with Gasteiger partial charge in [0.05, 0.1) is 25.9 Å². The van der Waals surface area contributed by atoms with Gasteiger partial charge in [0.15, 0.2) is 0 Å². The van der Waals surface area contributed by atoms with Gasteiger partial charge in [-0.2, -0.15) is 13.2 Å². The molecule has 1 saturated heterocycles. The fourth-order valence-electron chi connectivity index (χ4n) is 4.74. The normalized spacial score (nSPS) is 14.2. The maximum absolute atomic E-state index is 12.9. The van der Waals surface area contributed by atoms with Gasteiger partial charge in [0, 0.05) is 35.8 Å². The Labute approximate surface area is 226 Å². The summed E-state index contributed by atoms with van der Waals surface area (Å²) in [6.07, 6.45) is 0.132. The van der Waals surface area contributed by atoms with E-state index in [1.54, 1.807) is 7.11 Å². The predicted molar refractivity (Wildman–Crippen MR) is 148 cm³/mol. The van der Waals surface area contributed by atoms with Crippen LogP contribution in [0.4, 0.5) is 18.9 Å². The minimum atomic E-state index is -4.34. The minimum absolute atomic E-state index is 0.380. The molecule has 0 amide bonds. The number of methoxy groups -OCH3 is 1. The summed E-state index contributed by atoms with van der Waals surface area (Å²) in [5.74, 6) is 1.53. The third-order valence-electron chi connectivity index (χ3n) is 6.85. The number of allylic oxidation sites excluding steroid dienone is 1. The van der Waals surface area contributed by atoms with Gasteiger partial charge in [-0.05, 0) is 47.2 Å². The highest BCUT2D eigenvalue weighted by Crippen LogP contribution is 2.38. The van der Waals surface area contributed by atoms with E-state index in [1.165, 1.54) is 12.1 Å². The van der Waals surface area contributed by atoms with Crippen molar-refractivity contribution in [2.75, 3.05) is 38.3 Å². The van der Waals surface area contributed by atoms with Crippen molar-refractivity contribution in [2.45, 2.75) is 19.2 Å². The maximum atomic E-state index is 12.9. The first-order valence-corrected chi connectivity index (χ1v) is 12.9. The highest BCUT2D eigenvalue weighted by Gasteiger charge is 2.29. The highest BCUT2D eigenvalue weighted by atomic mass is 19.4. The van der Waals surface area contributed by atoms with Gasteiger partial charge in [0.1, 0.15) is 18.1 Å². The number of hydrogen-bond donors (Lipinski definition) is 0. The van der Waals surface area contributed by atoms with Crippen LogP contribution in [-0.4, -0.2) is 33.4 Å². The lowest BCUT2D eigenvalue weighted by atomic mass is 9.99. The minimum Gasteiger partial charge on any atom is -0.497 e. The number of morpholine rings is 1. The summed E-state index contributed by atoms with van der Waals surface area (Å²) in [6.45, 7) is 3.32. The molecule has 0 saturated carbocycles. The van der Waals surface area contributed by atoms with Crippen LogP contribution in [0.5, 0.6) is 11.5 Å². The van der Waals surface area contributed by atoms with Gasteiger partial charge in [-0.25, -0.2) is 0 Å². The quantitative estimate of drug-likeness (QED) is 0.234. The molecule has 1 aliphatic heterocycles. The van der Waals surface area contributed by atoms with Crippen molar-refractivity contribution in [1.29, 1.82) is 0 Å². The largest absolute Gasteiger partial charge is 0.497 e. The van der Waals surface area contributed by atoms with Crippen molar-refractivity contribution < 1.29 is 27.4 Å². The molecule has 7 heteroatoms. The second kappa shape index (κ2) is 11.8. The van der Waals surface area contributed by atoms with Gasteiger partial charge < -0.3 is 19.1 Å². The Bertz CT molecular complexity index is 1420. The molecule has 4 nitrogen and oxygen atoms in total. The molecule has 0 N–H and O–H groups in total. The summed E-state index contributed by atoms with van der Waals surface area (Å²) in [5, 5.41) is 2.17. The van der Waals surface area contributed by atoms with Crippen LogP contribution < -0.4 is 14.4 Å². The first-order valence-electron chi connectivity index (χ1n) is 12.9. The lowest BCUT2D eigenvalue weighted by Crippen LogP contribution is -2.36. The Kier molecular flexibility index (Phi) is 8.07. The summed E-state index contributed by atoms with van der Waals surface area (Å²) < 4.78 is 56.1. The molecule has 0 aliphatic carbocycles. The number of rotatable bonds is 8. The molecule has 0 radical (unpaired) electrons. The molecular weight excluding hydrogens is 503 g/mol. The van der Waals surface area contributed by atoms with Crippen molar-refractivity contribution in [2.24, 2.45) is 0 Å². The van der Waals surface area contributed by atoms with Gasteiger partial charge in [-0.1, -0.05) is 60.7 Å². The fraction of sp³-hybridized carbons (Fsp3) is 0.250. The highest BCUT2D eigenvalue weighted by molar-refractivity contribution is 6.01. The Morgan fingerprint density at radius 2 is 1.54 bits per heavy atom. The Hall–Kier alpha value is -3.97. The van der Waals surface area contributed by atoms with Crippen LogP contribution in [-0.2, 0) is 23.9 Å². The van der Waals surface area contributed by atoms with E-state index in [4.69, 9.17) is 14.2 Å². The Balaban J connectivity index is 1.48. The topological polar surface area (TPSA) is 30.9 Å². The second-order valence-corrected chi connectivity index (χ2v) is 9.39. The molecule has 0 atom stereocenters. The molecule has 0 aromatic heterocycles. The van der Waals surface area contributed by atoms with Crippen LogP contribution in [0.2, 0.25) is 0 Å². The van der Waals surface area contributed by atoms with E-state index in [0.29, 0.717) is 26.2 Å². The van der Waals surface area contributed by atoms with Crippen molar-refractivity contribution in [3.63, 3.8) is 0 Å². The van der Waals surface area contributed by atoms with E-state index in [-0.39, 0.29) is 0 Å². The van der Waals surface area contributed by atoms with E-state index >= 15 is 0 Å². The first-order chi connectivity index (χ1) is 18.9. The van der Waals surface area contributed by atoms with E-state index in [1.807, 2.05) is 48.6 Å². The number of halogens is 3. The molecule has 4 aromatic rings. The summed E-state index contributed by atoms with van der Waals surface area (Å²) >= 11 is 0. The average molecular weight is 534 g/mol. The molecule has 1 aliphatic rings. The van der Waals surface area contributed by atoms with Crippen molar-refractivity contribution >= 4 is 22.5 Å². The lowest BCUT2D eigenvalue weighted by Gasteiger charge is -2.31. The number of anilines is 1. The molecule has 202 valence electrons. The first kappa shape index (κ1) is 26.6. The monoisotopic (exact) mass is 533 g/mol. The molecule has 4 aromatic carbocycles. The van der Waals surface area contributed by atoms with Crippen LogP contribution in [0.1, 0.15) is 22.3 Å². The van der Waals surface area contributed by atoms with E-state index in [9.17, 15) is 13.2 Å². The van der Waals surface area contributed by atoms with E-state index < -0.39 is 11.7 Å². The molecular formula is C32H30F3NO3. The third kappa shape index (κ3) is 6.37. The number of ether oxygens (including phenoxy) is 3. The van der Waals surface area contributed by atoms with Gasteiger partial charge >= 0.3 is 6.18 Å². The van der Waals surface area contributed by atoms with E-state index in [2.05, 4.69) is 23.1 Å². The van der Waals surface area contributed by atoms with Crippen LogP contribution in [0.3, 0.4) is 0 Å². The molecule has 0 unspecified atom stereocenters. The van der Waals surface area contributed by atoms with Gasteiger partial charge in [-0.3, -0.25) is 0 Å². The Morgan fingerprint density at radius 1 is 0.872 bits per heavy atom. The van der Waals surface area contributed by atoms with Crippen molar-refractivity contribution in [1.82, 2.24) is 0 Å². The van der Waals surface area contributed by atoms with Gasteiger partial charge in [-0.15, -0.1) is 0 Å². The third-order valence-corrected chi connectivity index (χ3v) is 6.85. The SMILES string of the molecule is COc1ccc(COc2cc(N3CCOCC3)c3ccccc3c2/C=C\Cc2ccc(C(F)(F)F)cc2)cc1. The van der Waals surface area contributed by atoms with Gasteiger partial charge in [0.25, 0.3) is 0 Å². The second-order valence-electron chi connectivity index (χ2n) is 9.39. The summed E-state index contributed by atoms with van der Waals surface area (Å²) in [5.41, 5.74) is 3.20. The van der Waals surface area contributed by atoms with Crippen LogP contribution in [0.15, 0.2) is 84.9 Å². The number of nitrogens with zero attached hydrogens (tertiary/aromatic N) is 1. The van der Waals surface area contributed by atoms with Crippen molar-refractivity contribution in [3.05, 3.63) is 107 Å². The zero-order valence-electron chi connectivity index (χ0n) is 21.7. The molecule has 1 heterocycles. The molecule has 1 fully saturated rings. The zero-order valence-corrected chi connectivity index (χ0v) is 21.7. The number of fused-ring (bicyclic) bond motifs is 1.